The van der Waals surface area contributed by atoms with Gasteiger partial charge in [-0.15, -0.1) is 0 Å². The van der Waals surface area contributed by atoms with Gasteiger partial charge in [-0.3, -0.25) is 9.69 Å². The molecule has 0 aliphatic carbocycles. The van der Waals surface area contributed by atoms with E-state index in [-0.39, 0.29) is 17.9 Å². The van der Waals surface area contributed by atoms with Crippen LogP contribution >= 0.6 is 12.2 Å². The number of carbonyl (C=O) groups is 2. The molecule has 1 amide bonds. The molecule has 0 saturated carbocycles. The second-order valence-corrected chi connectivity index (χ2v) is 12.9. The second-order valence-electron chi connectivity index (χ2n) is 10.6. The number of thiocarbonyl (C=S) groups is 1. The van der Waals surface area contributed by atoms with E-state index in [0.717, 1.165) is 57.1 Å². The van der Waals surface area contributed by atoms with Gasteiger partial charge in [0.05, 0.1) is 18.1 Å². The molecule has 2 aromatic carbocycles. The van der Waals surface area contributed by atoms with Gasteiger partial charge in [-0.25, -0.2) is 13.2 Å². The number of rotatable bonds is 12. The number of hydrogen-bond acceptors (Lipinski definition) is 7. The van der Waals surface area contributed by atoms with Gasteiger partial charge >= 0.3 is 5.97 Å². The van der Waals surface area contributed by atoms with Crippen LogP contribution in [0.1, 0.15) is 30.4 Å². The van der Waals surface area contributed by atoms with Gasteiger partial charge in [0, 0.05) is 38.3 Å². The van der Waals surface area contributed by atoms with Crippen molar-refractivity contribution in [2.75, 3.05) is 51.3 Å². The molecule has 42 heavy (non-hydrogen) atoms. The summed E-state index contributed by atoms with van der Waals surface area (Å²) in [5.74, 6) is -1.81. The molecule has 0 unspecified atom stereocenters. The molecule has 2 fully saturated rings. The minimum atomic E-state index is -3.90. The lowest BCUT2D eigenvalue weighted by Gasteiger charge is -2.26. The maximum Gasteiger partial charge on any atom is 0.326 e. The Morgan fingerprint density at radius 3 is 2.43 bits per heavy atom. The van der Waals surface area contributed by atoms with Crippen LogP contribution in [0.4, 0.5) is 5.69 Å². The van der Waals surface area contributed by atoms with Gasteiger partial charge in [-0.2, -0.15) is 4.31 Å². The van der Waals surface area contributed by atoms with Crippen molar-refractivity contribution in [1.82, 2.24) is 19.8 Å². The van der Waals surface area contributed by atoms with Crippen molar-refractivity contribution in [3.05, 3.63) is 59.7 Å². The van der Waals surface area contributed by atoms with E-state index in [4.69, 9.17) is 17.0 Å². The Kier molecular flexibility index (Phi) is 11.3. The van der Waals surface area contributed by atoms with E-state index in [1.807, 2.05) is 6.92 Å². The molecule has 2 aliphatic heterocycles. The zero-order valence-corrected chi connectivity index (χ0v) is 25.4. The molecule has 0 spiro atoms. The fourth-order valence-electron chi connectivity index (χ4n) is 5.07. The predicted molar refractivity (Wildman–Crippen MR) is 164 cm³/mol. The van der Waals surface area contributed by atoms with Crippen LogP contribution in [0.15, 0.2) is 53.4 Å². The number of carboxylic acid groups (broad SMARTS) is 1. The van der Waals surface area contributed by atoms with Crippen molar-refractivity contribution in [1.29, 1.82) is 0 Å². The summed E-state index contributed by atoms with van der Waals surface area (Å²) >= 11 is 5.39. The van der Waals surface area contributed by atoms with Crippen LogP contribution in [0, 0.1) is 6.92 Å². The standard InChI is InChI=1S/C29H39N5O6S2/c1-21-5-11-24(12-6-21)42(38,39)34-15-2-4-26(34)27(35)32-25(28(36)37)20-22-7-9-23(10-8-22)31-29(41)30-13-3-14-33-16-18-40-19-17-33/h5-12,25-26H,2-4,13-20H2,1H3,(H,32,35)(H,36,37)(H2,30,31,41)/t25-,26-/m0/s1. The number of hydrogen-bond donors (Lipinski definition) is 4. The van der Waals surface area contributed by atoms with Crippen LogP contribution < -0.4 is 16.0 Å². The van der Waals surface area contributed by atoms with Crippen molar-refractivity contribution >= 4 is 44.9 Å². The van der Waals surface area contributed by atoms with Crippen molar-refractivity contribution in [2.24, 2.45) is 0 Å². The van der Waals surface area contributed by atoms with Gasteiger partial charge in [0.25, 0.3) is 0 Å². The first-order valence-corrected chi connectivity index (χ1v) is 16.0. The van der Waals surface area contributed by atoms with Gasteiger partial charge in [0.2, 0.25) is 15.9 Å². The smallest absolute Gasteiger partial charge is 0.326 e. The van der Waals surface area contributed by atoms with Crippen molar-refractivity contribution in [3.8, 4) is 0 Å². The number of ether oxygens (including phenoxy) is 1. The molecule has 0 bridgehead atoms. The number of morpholine rings is 1. The number of aryl methyl sites for hydroxylation is 1. The van der Waals surface area contributed by atoms with E-state index in [0.29, 0.717) is 23.5 Å². The lowest BCUT2D eigenvalue weighted by molar-refractivity contribution is -0.142. The minimum Gasteiger partial charge on any atom is -0.480 e. The zero-order chi connectivity index (χ0) is 30.1. The first-order valence-electron chi connectivity index (χ1n) is 14.2. The number of amides is 1. The molecule has 2 atom stereocenters. The number of anilines is 1. The largest absolute Gasteiger partial charge is 0.480 e. The summed E-state index contributed by atoms with van der Waals surface area (Å²) in [4.78, 5) is 27.7. The van der Waals surface area contributed by atoms with Crippen LogP contribution in [0.3, 0.4) is 0 Å². The molecular formula is C29H39N5O6S2. The fourth-order valence-corrected chi connectivity index (χ4v) is 6.94. The highest BCUT2D eigenvalue weighted by Gasteiger charge is 2.40. The summed E-state index contributed by atoms with van der Waals surface area (Å²) in [7, 11) is -3.90. The topological polar surface area (TPSA) is 140 Å². The number of sulfonamides is 1. The molecule has 2 heterocycles. The van der Waals surface area contributed by atoms with E-state index >= 15 is 0 Å². The maximum absolute atomic E-state index is 13.2. The number of nitrogens with zero attached hydrogens (tertiary/aromatic N) is 2. The number of carboxylic acids is 1. The molecule has 11 nitrogen and oxygen atoms in total. The van der Waals surface area contributed by atoms with Crippen molar-refractivity contribution < 1.29 is 27.9 Å². The molecule has 13 heteroatoms. The van der Waals surface area contributed by atoms with Crippen molar-refractivity contribution in [2.45, 2.75) is 49.6 Å². The van der Waals surface area contributed by atoms with Crippen LogP contribution in [0.5, 0.6) is 0 Å². The summed E-state index contributed by atoms with van der Waals surface area (Å²) < 4.78 is 33.0. The van der Waals surface area contributed by atoms with Crippen LogP contribution in [0.25, 0.3) is 0 Å². The van der Waals surface area contributed by atoms with Crippen LogP contribution in [-0.4, -0.2) is 97.7 Å². The van der Waals surface area contributed by atoms with E-state index in [1.54, 1.807) is 36.4 Å². The lowest BCUT2D eigenvalue weighted by Crippen LogP contribution is -2.51. The quantitative estimate of drug-likeness (QED) is 0.206. The van der Waals surface area contributed by atoms with Gasteiger partial charge < -0.3 is 25.8 Å². The van der Waals surface area contributed by atoms with E-state index in [9.17, 15) is 23.1 Å². The van der Waals surface area contributed by atoms with Gasteiger partial charge in [-0.05, 0) is 74.8 Å². The summed E-state index contributed by atoms with van der Waals surface area (Å²) in [5, 5.41) is 19.2. The molecule has 2 aliphatic rings. The van der Waals surface area contributed by atoms with Gasteiger partial charge in [-0.1, -0.05) is 29.8 Å². The predicted octanol–water partition coefficient (Wildman–Crippen LogP) is 1.97. The average molecular weight is 618 g/mol. The fraction of sp³-hybridized carbons (Fsp3) is 0.483. The third-order valence-corrected chi connectivity index (χ3v) is 9.61. The summed E-state index contributed by atoms with van der Waals surface area (Å²) in [5.41, 5.74) is 2.38. The molecular weight excluding hydrogens is 578 g/mol. The second kappa shape index (κ2) is 14.9. The molecule has 4 rings (SSSR count). The third-order valence-electron chi connectivity index (χ3n) is 7.44. The summed E-state index contributed by atoms with van der Waals surface area (Å²) in [6.45, 7) is 7.25. The average Bonchev–Trinajstić information content (AvgIpc) is 3.48. The number of aliphatic carboxylic acids is 1. The third kappa shape index (κ3) is 8.71. The normalized spacial score (nSPS) is 18.7. The van der Waals surface area contributed by atoms with E-state index < -0.39 is 34.0 Å². The molecule has 2 aromatic rings. The Morgan fingerprint density at radius 2 is 1.76 bits per heavy atom. The van der Waals surface area contributed by atoms with Gasteiger partial charge in [0.1, 0.15) is 12.1 Å². The number of nitrogens with one attached hydrogen (secondary N) is 3. The van der Waals surface area contributed by atoms with Crippen molar-refractivity contribution in [3.63, 3.8) is 0 Å². The summed E-state index contributed by atoms with van der Waals surface area (Å²) in [6, 6.07) is 11.4. The summed E-state index contributed by atoms with van der Waals surface area (Å²) in [6.07, 6.45) is 1.84. The highest BCUT2D eigenvalue weighted by molar-refractivity contribution is 7.89. The Labute approximate surface area is 252 Å². The Bertz CT molecular complexity index is 1330. The zero-order valence-electron chi connectivity index (χ0n) is 23.8. The molecule has 2 saturated heterocycles. The first kappa shape index (κ1) is 31.8. The minimum absolute atomic E-state index is 0.0447. The van der Waals surface area contributed by atoms with E-state index in [2.05, 4.69) is 20.9 Å². The SMILES string of the molecule is Cc1ccc(S(=O)(=O)N2CCC[C@H]2C(=O)N[C@@H](Cc2ccc(NC(=S)NCCCN3CCOCC3)cc2)C(=O)O)cc1. The number of benzene rings is 2. The number of carbonyl (C=O) groups excluding carboxylic acids is 1. The van der Waals surface area contributed by atoms with Crippen LogP contribution in [0.2, 0.25) is 0 Å². The van der Waals surface area contributed by atoms with Gasteiger partial charge in [0.15, 0.2) is 5.11 Å². The monoisotopic (exact) mass is 617 g/mol. The van der Waals surface area contributed by atoms with E-state index in [1.165, 1.54) is 16.4 Å². The highest BCUT2D eigenvalue weighted by Crippen LogP contribution is 2.26. The molecule has 0 radical (unpaired) electrons. The molecule has 228 valence electrons. The molecule has 4 N–H and O–H groups in total. The Morgan fingerprint density at radius 1 is 1.07 bits per heavy atom. The first-order chi connectivity index (χ1) is 20.1. The van der Waals surface area contributed by atoms with Crippen LogP contribution in [-0.2, 0) is 30.8 Å². The Balaban J connectivity index is 1.28. The Hall–Kier alpha value is -3.10. The lowest BCUT2D eigenvalue weighted by atomic mass is 10.0. The molecule has 0 aromatic heterocycles. The maximum atomic E-state index is 13.2. The highest BCUT2D eigenvalue weighted by atomic mass is 32.2.